The Hall–Kier alpha value is -3.14. The normalized spacial score (nSPS) is 11.8. The lowest BCUT2D eigenvalue weighted by atomic mass is 10.4. The zero-order chi connectivity index (χ0) is 20.8. The van der Waals surface area contributed by atoms with Gasteiger partial charge in [0.05, 0.1) is 9.79 Å². The number of nitrogens with zero attached hydrogens (tertiary/aromatic N) is 3. The van der Waals surface area contributed by atoms with E-state index in [9.17, 15) is 26.4 Å². The van der Waals surface area contributed by atoms with Crippen molar-refractivity contribution in [3.63, 3.8) is 0 Å². The van der Waals surface area contributed by atoms with Crippen LogP contribution >= 0.6 is 0 Å². The van der Waals surface area contributed by atoms with Crippen LogP contribution in [0.3, 0.4) is 0 Å². The van der Waals surface area contributed by atoms with E-state index in [0.717, 1.165) is 36.4 Å². The van der Waals surface area contributed by atoms with Crippen LogP contribution in [-0.4, -0.2) is 44.9 Å². The number of benzene rings is 2. The van der Waals surface area contributed by atoms with Gasteiger partial charge in [-0.1, -0.05) is 46.6 Å². The molecule has 0 unspecified atom stereocenters. The molecule has 2 aromatic carbocycles. The van der Waals surface area contributed by atoms with Crippen LogP contribution in [0.15, 0.2) is 80.7 Å². The number of rotatable bonds is 8. The molecule has 2 rings (SSSR count). The van der Waals surface area contributed by atoms with Crippen molar-refractivity contribution in [1.82, 2.24) is 5.12 Å². The van der Waals surface area contributed by atoms with Crippen LogP contribution in [0, 0.1) is 0 Å². The Balaban J connectivity index is 2.79. The van der Waals surface area contributed by atoms with Crippen molar-refractivity contribution < 1.29 is 26.4 Å². The molecule has 2 N–H and O–H groups in total. The van der Waals surface area contributed by atoms with Crippen molar-refractivity contribution in [2.45, 2.75) is 14.0 Å². The van der Waals surface area contributed by atoms with Crippen molar-refractivity contribution >= 4 is 31.8 Å². The molecule has 0 aliphatic carbocycles. The fraction of sp³-hybridized carbons (Fsp3) is 0.125. The fourth-order valence-corrected chi connectivity index (χ4v) is 6.43. The molecule has 146 valence electrons. The lowest BCUT2D eigenvalue weighted by Gasteiger charge is -2.30. The average Bonchev–Trinajstić information content (AvgIpc) is 2.69. The molecule has 0 aliphatic rings. The summed E-state index contributed by atoms with van der Waals surface area (Å²) in [6.07, 6.45) is 2.08. The first kappa shape index (κ1) is 21.2. The summed E-state index contributed by atoms with van der Waals surface area (Å²) in [6.45, 7) is -1.16. The standard InChI is InChI=1S/C16H14N4O6S2/c17-16(11-20(18-12-21)19-13-22,27(23,24)14-7-3-1-4-8-14)28(25,26)15-9-5-2-6-10-15/h1-10H,11,17H2. The Morgan fingerprint density at radius 1 is 0.786 bits per heavy atom. The Bertz CT molecular complexity index is 1050. The predicted molar refractivity (Wildman–Crippen MR) is 97.1 cm³/mol. The molecule has 0 amide bonds. The highest BCUT2D eigenvalue weighted by Crippen LogP contribution is 2.32. The minimum Gasteiger partial charge on any atom is -0.298 e. The minimum absolute atomic E-state index is 0.209. The maximum atomic E-state index is 13.2. The fourth-order valence-electron chi connectivity index (χ4n) is 2.30. The van der Waals surface area contributed by atoms with Gasteiger partial charge in [0.15, 0.2) is 0 Å². The SMILES string of the molecule is NC(CN(N=C=O)N=C=O)(S(=O)(=O)c1ccccc1)S(=O)(=O)c1ccccc1. The zero-order valence-electron chi connectivity index (χ0n) is 14.2. The van der Waals surface area contributed by atoms with Crippen LogP contribution < -0.4 is 5.73 Å². The van der Waals surface area contributed by atoms with E-state index >= 15 is 0 Å². The second-order valence-electron chi connectivity index (χ2n) is 5.36. The third-order valence-electron chi connectivity index (χ3n) is 3.69. The highest BCUT2D eigenvalue weighted by atomic mass is 32.3. The van der Waals surface area contributed by atoms with Crippen molar-refractivity contribution in [2.75, 3.05) is 6.54 Å². The first-order chi connectivity index (χ1) is 13.2. The topological polar surface area (TPSA) is 156 Å². The number of carbonyl (C=O) groups excluding carboxylic acids is 2. The summed E-state index contributed by atoms with van der Waals surface area (Å²) >= 11 is 0. The van der Waals surface area contributed by atoms with Crippen LogP contribution in [0.5, 0.6) is 0 Å². The summed E-state index contributed by atoms with van der Waals surface area (Å²) in [5.74, 6) is 0. The molecule has 0 saturated carbocycles. The number of hydrazone groups is 2. The third kappa shape index (κ3) is 3.77. The summed E-state index contributed by atoms with van der Waals surface area (Å²) in [7, 11) is -9.54. The molecule has 0 radical (unpaired) electrons. The van der Waals surface area contributed by atoms with Gasteiger partial charge < -0.3 is 0 Å². The van der Waals surface area contributed by atoms with E-state index in [1.807, 2.05) is 0 Å². The van der Waals surface area contributed by atoms with Crippen molar-refractivity contribution in [3.8, 4) is 0 Å². The van der Waals surface area contributed by atoms with Crippen LogP contribution in [0.25, 0.3) is 0 Å². The van der Waals surface area contributed by atoms with E-state index in [-0.39, 0.29) is 14.9 Å². The lowest BCUT2D eigenvalue weighted by Crippen LogP contribution is -2.59. The highest BCUT2D eigenvalue weighted by molar-refractivity contribution is 8.10. The van der Waals surface area contributed by atoms with E-state index in [1.165, 1.54) is 36.4 Å². The van der Waals surface area contributed by atoms with Crippen LogP contribution in [0.2, 0.25) is 0 Å². The molecule has 10 nitrogen and oxygen atoms in total. The van der Waals surface area contributed by atoms with E-state index in [4.69, 9.17) is 5.73 Å². The Labute approximate surface area is 160 Å². The number of hydrogen-bond acceptors (Lipinski definition) is 10. The summed E-state index contributed by atoms with van der Waals surface area (Å²) in [5, 5.41) is 6.22. The molecule has 28 heavy (non-hydrogen) atoms. The van der Waals surface area contributed by atoms with Gasteiger partial charge in [0.2, 0.25) is 19.7 Å². The average molecular weight is 422 g/mol. The van der Waals surface area contributed by atoms with Gasteiger partial charge in [-0.05, 0) is 24.3 Å². The molecule has 0 aliphatic heterocycles. The number of hydrogen-bond donors (Lipinski definition) is 1. The number of isocyanates is 2. The molecular formula is C16H14N4O6S2. The van der Waals surface area contributed by atoms with E-state index < -0.39 is 30.4 Å². The monoisotopic (exact) mass is 422 g/mol. The summed E-state index contributed by atoms with van der Waals surface area (Å²) < 4.78 is 49.8. The first-order valence-electron chi connectivity index (χ1n) is 7.52. The quantitative estimate of drug-likeness (QED) is 0.363. The largest absolute Gasteiger partial charge is 0.298 e. The van der Waals surface area contributed by atoms with E-state index in [1.54, 1.807) is 0 Å². The van der Waals surface area contributed by atoms with Crippen molar-refractivity contribution in [2.24, 2.45) is 15.9 Å². The highest BCUT2D eigenvalue weighted by Gasteiger charge is 2.55. The van der Waals surface area contributed by atoms with Gasteiger partial charge in [0.1, 0.15) is 6.54 Å². The maximum absolute atomic E-state index is 13.2. The molecular weight excluding hydrogens is 408 g/mol. The van der Waals surface area contributed by atoms with Gasteiger partial charge in [-0.15, -0.1) is 0 Å². The molecule has 0 saturated heterocycles. The van der Waals surface area contributed by atoms with Crippen molar-refractivity contribution in [3.05, 3.63) is 60.7 Å². The van der Waals surface area contributed by atoms with Gasteiger partial charge in [-0.25, -0.2) is 26.4 Å². The molecule has 2 aromatic rings. The molecule has 0 bridgehead atoms. The Morgan fingerprint density at radius 2 is 1.14 bits per heavy atom. The predicted octanol–water partition coefficient (Wildman–Crippen LogP) is 0.350. The summed E-state index contributed by atoms with van der Waals surface area (Å²) in [5.41, 5.74) is 5.98. The van der Waals surface area contributed by atoms with Gasteiger partial charge >= 0.3 is 0 Å². The second kappa shape index (κ2) is 8.26. The molecule has 0 aromatic heterocycles. The first-order valence-corrected chi connectivity index (χ1v) is 10.5. The van der Waals surface area contributed by atoms with Gasteiger partial charge in [0, 0.05) is 0 Å². The van der Waals surface area contributed by atoms with Crippen molar-refractivity contribution in [1.29, 1.82) is 0 Å². The maximum Gasteiger partial charge on any atom is 0.260 e. The summed E-state index contributed by atoms with van der Waals surface area (Å²) in [4.78, 5) is 20.3. The number of nitrogens with two attached hydrogens (primary N) is 1. The van der Waals surface area contributed by atoms with Gasteiger partial charge in [-0.3, -0.25) is 5.73 Å². The van der Waals surface area contributed by atoms with Gasteiger partial charge in [-0.2, -0.15) is 5.12 Å². The van der Waals surface area contributed by atoms with E-state index in [2.05, 4.69) is 10.2 Å². The third-order valence-corrected chi connectivity index (χ3v) is 8.87. The molecule has 0 spiro atoms. The van der Waals surface area contributed by atoms with Crippen LogP contribution in [0.1, 0.15) is 0 Å². The molecule has 12 heteroatoms. The zero-order valence-corrected chi connectivity index (χ0v) is 15.8. The van der Waals surface area contributed by atoms with Crippen LogP contribution in [-0.2, 0) is 29.3 Å². The Morgan fingerprint density at radius 3 is 1.46 bits per heavy atom. The van der Waals surface area contributed by atoms with E-state index in [0.29, 0.717) is 0 Å². The second-order valence-corrected chi connectivity index (χ2v) is 10.0. The summed E-state index contributed by atoms with van der Waals surface area (Å²) in [6, 6.07) is 13.2. The minimum atomic E-state index is -4.77. The molecule has 0 atom stereocenters. The number of sulfone groups is 2. The van der Waals surface area contributed by atoms with Gasteiger partial charge in [0.25, 0.3) is 16.4 Å². The van der Waals surface area contributed by atoms with Crippen LogP contribution in [0.4, 0.5) is 0 Å². The Kier molecular flexibility index (Phi) is 6.24. The molecule has 0 heterocycles. The smallest absolute Gasteiger partial charge is 0.260 e. The molecule has 0 fully saturated rings. The lowest BCUT2D eigenvalue weighted by molar-refractivity contribution is 0.285.